The molecule has 66 valence electrons. The van der Waals surface area contributed by atoms with Crippen LogP contribution in [-0.4, -0.2) is 36.8 Å². The fourth-order valence-corrected chi connectivity index (χ4v) is 1.31. The Bertz CT molecular complexity index is 129. The number of rotatable bonds is 2. The zero-order valence-corrected chi connectivity index (χ0v) is 6.86. The van der Waals surface area contributed by atoms with Crippen LogP contribution in [0.2, 0.25) is 0 Å². The number of ether oxygens (including phenoxy) is 2. The van der Waals surface area contributed by atoms with E-state index in [-0.39, 0.29) is 18.4 Å². The van der Waals surface area contributed by atoms with Crippen molar-refractivity contribution < 1.29 is 14.6 Å². The van der Waals surface area contributed by atoms with Gasteiger partial charge in [0.2, 0.25) is 0 Å². The van der Waals surface area contributed by atoms with Gasteiger partial charge in [-0.1, -0.05) is 0 Å². The minimum atomic E-state index is -0.523. The summed E-state index contributed by atoms with van der Waals surface area (Å²) in [4.78, 5) is 0. The molecule has 1 fully saturated rings. The van der Waals surface area contributed by atoms with Crippen LogP contribution in [0.5, 0.6) is 0 Å². The molecule has 4 heteroatoms. The predicted octanol–water partition coefficient (Wildman–Crippen LogP) is -0.544. The molecule has 0 radical (unpaired) electrons. The Hall–Kier alpha value is -0.160. The minimum absolute atomic E-state index is 0.111. The van der Waals surface area contributed by atoms with Crippen LogP contribution in [0.15, 0.2) is 0 Å². The summed E-state index contributed by atoms with van der Waals surface area (Å²) in [6, 6.07) is -0.111. The Labute approximate surface area is 66.3 Å². The van der Waals surface area contributed by atoms with Gasteiger partial charge in [-0.3, -0.25) is 0 Å². The van der Waals surface area contributed by atoms with Crippen molar-refractivity contribution in [2.24, 2.45) is 5.73 Å². The highest BCUT2D eigenvalue weighted by molar-refractivity contribution is 4.84. The Morgan fingerprint density at radius 2 is 2.36 bits per heavy atom. The Kier molecular flexibility index (Phi) is 2.84. The first-order chi connectivity index (χ1) is 5.15. The number of aliphatic hydroxyl groups excluding tert-OH is 1. The summed E-state index contributed by atoms with van der Waals surface area (Å²) in [5, 5.41) is 9.18. The van der Waals surface area contributed by atoms with Crippen LogP contribution in [0.25, 0.3) is 0 Å². The maximum atomic E-state index is 9.18. The maximum absolute atomic E-state index is 9.18. The second kappa shape index (κ2) is 3.49. The van der Waals surface area contributed by atoms with Gasteiger partial charge in [-0.05, 0) is 6.92 Å². The smallest absolute Gasteiger partial charge is 0.159 e. The normalized spacial score (nSPS) is 40.9. The van der Waals surface area contributed by atoms with E-state index in [0.717, 1.165) is 0 Å². The molecule has 1 heterocycles. The zero-order chi connectivity index (χ0) is 8.43. The van der Waals surface area contributed by atoms with E-state index in [0.29, 0.717) is 6.42 Å². The van der Waals surface area contributed by atoms with Crippen molar-refractivity contribution in [3.05, 3.63) is 0 Å². The van der Waals surface area contributed by atoms with Gasteiger partial charge in [0.05, 0.1) is 6.10 Å². The molecule has 4 nitrogen and oxygen atoms in total. The largest absolute Gasteiger partial charge is 0.391 e. The van der Waals surface area contributed by atoms with Gasteiger partial charge in [0.25, 0.3) is 0 Å². The Morgan fingerprint density at radius 3 is 2.64 bits per heavy atom. The van der Waals surface area contributed by atoms with Crippen LogP contribution in [0.1, 0.15) is 13.3 Å². The lowest BCUT2D eigenvalue weighted by molar-refractivity contribution is -0.136. The molecule has 0 bridgehead atoms. The summed E-state index contributed by atoms with van der Waals surface area (Å²) < 4.78 is 10.2. The summed E-state index contributed by atoms with van der Waals surface area (Å²) in [7, 11) is 1.57. The first-order valence-electron chi connectivity index (χ1n) is 3.77. The quantitative estimate of drug-likeness (QED) is 0.570. The lowest BCUT2D eigenvalue weighted by atomic mass is 10.1. The first kappa shape index (κ1) is 8.93. The summed E-state index contributed by atoms with van der Waals surface area (Å²) in [5.41, 5.74) is 5.68. The number of hydrogen-bond donors (Lipinski definition) is 2. The van der Waals surface area contributed by atoms with Crippen molar-refractivity contribution in [1.29, 1.82) is 0 Å². The van der Waals surface area contributed by atoms with E-state index in [1.807, 2.05) is 0 Å². The third-order valence-corrected chi connectivity index (χ3v) is 1.93. The SMILES string of the molecule is COC1C[C@H](N)[C@H]([C@@H](C)O)O1. The van der Waals surface area contributed by atoms with E-state index >= 15 is 0 Å². The van der Waals surface area contributed by atoms with Gasteiger partial charge >= 0.3 is 0 Å². The van der Waals surface area contributed by atoms with Gasteiger partial charge in [0.15, 0.2) is 6.29 Å². The average molecular weight is 161 g/mol. The minimum Gasteiger partial charge on any atom is -0.391 e. The predicted molar refractivity (Wildman–Crippen MR) is 39.9 cm³/mol. The number of methoxy groups -OCH3 is 1. The fraction of sp³-hybridized carbons (Fsp3) is 1.00. The van der Waals surface area contributed by atoms with Crippen molar-refractivity contribution >= 4 is 0 Å². The van der Waals surface area contributed by atoms with Gasteiger partial charge in [-0.25, -0.2) is 0 Å². The van der Waals surface area contributed by atoms with E-state index in [1.165, 1.54) is 0 Å². The van der Waals surface area contributed by atoms with E-state index in [4.69, 9.17) is 15.2 Å². The lowest BCUT2D eigenvalue weighted by Crippen LogP contribution is -2.38. The van der Waals surface area contributed by atoms with Gasteiger partial charge in [0, 0.05) is 19.6 Å². The molecule has 0 saturated carbocycles. The lowest BCUT2D eigenvalue weighted by Gasteiger charge is -2.17. The van der Waals surface area contributed by atoms with Crippen LogP contribution < -0.4 is 5.73 Å². The van der Waals surface area contributed by atoms with Crippen LogP contribution in [0.4, 0.5) is 0 Å². The molecular formula is C7H15NO3. The molecule has 11 heavy (non-hydrogen) atoms. The van der Waals surface area contributed by atoms with E-state index in [2.05, 4.69) is 0 Å². The third-order valence-electron chi connectivity index (χ3n) is 1.93. The number of aliphatic hydroxyl groups is 1. The Morgan fingerprint density at radius 1 is 1.73 bits per heavy atom. The molecule has 1 rings (SSSR count). The highest BCUT2D eigenvalue weighted by Crippen LogP contribution is 2.21. The van der Waals surface area contributed by atoms with Crippen molar-refractivity contribution in [3.63, 3.8) is 0 Å². The highest BCUT2D eigenvalue weighted by Gasteiger charge is 2.35. The molecular weight excluding hydrogens is 146 g/mol. The molecule has 1 aliphatic rings. The monoisotopic (exact) mass is 161 g/mol. The molecule has 1 aliphatic heterocycles. The molecule has 1 unspecified atom stereocenters. The summed E-state index contributed by atoms with van der Waals surface area (Å²) in [6.07, 6.45) is -0.388. The van der Waals surface area contributed by atoms with Crippen LogP contribution in [0.3, 0.4) is 0 Å². The van der Waals surface area contributed by atoms with Gasteiger partial charge in [-0.2, -0.15) is 0 Å². The van der Waals surface area contributed by atoms with Gasteiger partial charge in [0.1, 0.15) is 6.10 Å². The molecule has 1 saturated heterocycles. The van der Waals surface area contributed by atoms with Crippen molar-refractivity contribution in [2.45, 2.75) is 37.9 Å². The van der Waals surface area contributed by atoms with E-state index in [1.54, 1.807) is 14.0 Å². The van der Waals surface area contributed by atoms with E-state index < -0.39 is 6.10 Å². The van der Waals surface area contributed by atoms with Crippen molar-refractivity contribution in [3.8, 4) is 0 Å². The standard InChI is InChI=1S/C7H15NO3/c1-4(9)7-5(8)3-6(10-2)11-7/h4-7,9H,3,8H2,1-2H3/t4-,5+,6?,7+/m1/s1. The number of hydrogen-bond acceptors (Lipinski definition) is 4. The average Bonchev–Trinajstić information content (AvgIpc) is 2.30. The topological polar surface area (TPSA) is 64.7 Å². The molecule has 0 aliphatic carbocycles. The van der Waals surface area contributed by atoms with Gasteiger partial charge in [-0.15, -0.1) is 0 Å². The first-order valence-corrected chi connectivity index (χ1v) is 3.77. The van der Waals surface area contributed by atoms with Gasteiger partial charge < -0.3 is 20.3 Å². The second-order valence-electron chi connectivity index (χ2n) is 2.91. The molecule has 4 atom stereocenters. The molecule has 0 spiro atoms. The Balaban J connectivity index is 2.45. The zero-order valence-electron chi connectivity index (χ0n) is 6.86. The summed E-state index contributed by atoms with van der Waals surface area (Å²) in [6.45, 7) is 1.67. The summed E-state index contributed by atoms with van der Waals surface area (Å²) in [5.74, 6) is 0. The summed E-state index contributed by atoms with van der Waals surface area (Å²) >= 11 is 0. The number of nitrogens with two attached hydrogens (primary N) is 1. The molecule has 0 aromatic heterocycles. The molecule has 0 aromatic rings. The highest BCUT2D eigenvalue weighted by atomic mass is 16.7. The molecule has 0 aromatic carbocycles. The molecule has 0 amide bonds. The van der Waals surface area contributed by atoms with Crippen molar-refractivity contribution in [2.75, 3.05) is 7.11 Å². The molecule has 3 N–H and O–H groups in total. The third kappa shape index (κ3) is 1.90. The second-order valence-corrected chi connectivity index (χ2v) is 2.91. The maximum Gasteiger partial charge on any atom is 0.159 e. The van der Waals surface area contributed by atoms with E-state index in [9.17, 15) is 5.11 Å². The van der Waals surface area contributed by atoms with Crippen LogP contribution in [0, 0.1) is 0 Å². The van der Waals surface area contributed by atoms with Crippen LogP contribution in [-0.2, 0) is 9.47 Å². The van der Waals surface area contributed by atoms with Crippen LogP contribution >= 0.6 is 0 Å². The fourth-order valence-electron chi connectivity index (χ4n) is 1.31. The van der Waals surface area contributed by atoms with Crippen molar-refractivity contribution in [1.82, 2.24) is 0 Å².